The third-order valence-electron chi connectivity index (χ3n) is 7.39. The van der Waals surface area contributed by atoms with E-state index in [1.807, 2.05) is 6.08 Å². The predicted octanol–water partition coefficient (Wildman–Crippen LogP) is 4.15. The lowest BCUT2D eigenvalue weighted by Gasteiger charge is -2.21. The monoisotopic (exact) mass is 490 g/mol. The van der Waals surface area contributed by atoms with Gasteiger partial charge in [-0.2, -0.15) is 13.2 Å². The van der Waals surface area contributed by atoms with Crippen LogP contribution in [0.4, 0.5) is 17.6 Å². The van der Waals surface area contributed by atoms with E-state index in [0.717, 1.165) is 30.2 Å². The molecule has 0 radical (unpaired) electrons. The number of likely N-dealkylation sites (tertiary alicyclic amines) is 1. The Bertz CT molecular complexity index is 1130. The van der Waals surface area contributed by atoms with Crippen LogP contribution in [0, 0.1) is 17.7 Å². The number of alkyl halides is 3. The van der Waals surface area contributed by atoms with Crippen molar-refractivity contribution in [3.63, 3.8) is 0 Å². The Kier molecular flexibility index (Phi) is 6.33. The van der Waals surface area contributed by atoms with Crippen molar-refractivity contribution in [3.05, 3.63) is 46.8 Å². The van der Waals surface area contributed by atoms with Gasteiger partial charge in [0.1, 0.15) is 11.9 Å². The van der Waals surface area contributed by atoms with Crippen LogP contribution in [0.2, 0.25) is 0 Å². The maximum absolute atomic E-state index is 13.8. The number of carbonyl (C=O) groups excluding carboxylic acids is 1. The number of aliphatic hydroxyl groups excluding tert-OH is 1. The summed E-state index contributed by atoms with van der Waals surface area (Å²) in [6.07, 6.45) is 2.01. The van der Waals surface area contributed by atoms with Crippen LogP contribution in [0.15, 0.2) is 44.8 Å². The number of carbonyl (C=O) groups is 1. The van der Waals surface area contributed by atoms with Crippen LogP contribution in [0.25, 0.3) is 0 Å². The van der Waals surface area contributed by atoms with Gasteiger partial charge in [-0.05, 0) is 79.2 Å². The number of benzene rings is 1. The second-order valence-electron chi connectivity index (χ2n) is 9.65. The molecule has 0 aromatic heterocycles. The summed E-state index contributed by atoms with van der Waals surface area (Å²) in [4.78, 5) is 28.1. The van der Waals surface area contributed by atoms with Gasteiger partial charge < -0.3 is 10.0 Å². The highest BCUT2D eigenvalue weighted by molar-refractivity contribution is 6.41. The molecule has 4 aliphatic rings. The van der Waals surface area contributed by atoms with Gasteiger partial charge in [0.05, 0.1) is 5.56 Å². The number of halogens is 4. The van der Waals surface area contributed by atoms with Crippen molar-refractivity contribution in [1.29, 1.82) is 0 Å². The van der Waals surface area contributed by atoms with Crippen LogP contribution >= 0.6 is 0 Å². The minimum Gasteiger partial charge on any atom is -0.396 e. The van der Waals surface area contributed by atoms with Gasteiger partial charge in [0.25, 0.3) is 5.91 Å². The lowest BCUT2D eigenvalue weighted by molar-refractivity contribution is -0.138. The van der Waals surface area contributed by atoms with Crippen LogP contribution in [-0.4, -0.2) is 59.5 Å². The van der Waals surface area contributed by atoms with E-state index in [4.69, 9.17) is 5.11 Å². The molecule has 2 unspecified atom stereocenters. The third-order valence-corrected chi connectivity index (χ3v) is 7.39. The normalized spacial score (nSPS) is 29.6. The van der Waals surface area contributed by atoms with E-state index in [1.165, 1.54) is 0 Å². The fourth-order valence-corrected chi connectivity index (χ4v) is 5.74. The standard InChI is InChI=1S/C25H26F4N4O2/c26-18-4-5-20(25(27,28)29)19(10-18)15-8-16-12-33(13-17(16)9-15)24(35)23-31-21-3-1-2-14(6-7-34)11-30-22(21)32-23/h2,4-5,10-11,15-17,21,34H,1,3,6-9,12-13H2/b14-2-,30-11?/t15?,16-,17+,21?. The summed E-state index contributed by atoms with van der Waals surface area (Å²) in [5, 5.41) is 9.14. The van der Waals surface area contributed by atoms with Crippen molar-refractivity contribution in [3.8, 4) is 0 Å². The van der Waals surface area contributed by atoms with Gasteiger partial charge in [-0.1, -0.05) is 6.08 Å². The smallest absolute Gasteiger partial charge is 0.396 e. The molecule has 4 atom stereocenters. The van der Waals surface area contributed by atoms with E-state index in [9.17, 15) is 22.4 Å². The van der Waals surface area contributed by atoms with E-state index in [2.05, 4.69) is 15.0 Å². The number of aliphatic hydroxyl groups is 1. The lowest BCUT2D eigenvalue weighted by atomic mass is 9.91. The van der Waals surface area contributed by atoms with Gasteiger partial charge in [-0.25, -0.2) is 14.4 Å². The second kappa shape index (κ2) is 9.29. The second-order valence-corrected chi connectivity index (χ2v) is 9.65. The highest BCUT2D eigenvalue weighted by Gasteiger charge is 2.46. The van der Waals surface area contributed by atoms with Gasteiger partial charge in [0.15, 0.2) is 5.84 Å². The molecule has 35 heavy (non-hydrogen) atoms. The van der Waals surface area contributed by atoms with Crippen LogP contribution < -0.4 is 0 Å². The first-order valence-corrected chi connectivity index (χ1v) is 11.9. The first kappa shape index (κ1) is 23.8. The summed E-state index contributed by atoms with van der Waals surface area (Å²) in [7, 11) is 0. The molecule has 5 rings (SSSR count). The third kappa shape index (κ3) is 4.80. The molecular formula is C25H26F4N4O2. The average molecular weight is 491 g/mol. The number of hydrogen-bond acceptors (Lipinski definition) is 5. The van der Waals surface area contributed by atoms with E-state index < -0.39 is 17.6 Å². The zero-order chi connectivity index (χ0) is 24.7. The van der Waals surface area contributed by atoms with Gasteiger partial charge in [0, 0.05) is 25.9 Å². The van der Waals surface area contributed by atoms with Crippen LogP contribution in [0.3, 0.4) is 0 Å². The first-order chi connectivity index (χ1) is 16.7. The molecule has 1 aliphatic carbocycles. The quantitative estimate of drug-likeness (QED) is 0.644. The molecule has 1 amide bonds. The summed E-state index contributed by atoms with van der Waals surface area (Å²) in [5.74, 6) is -0.620. The van der Waals surface area contributed by atoms with E-state index >= 15 is 0 Å². The molecule has 6 nitrogen and oxygen atoms in total. The Balaban J connectivity index is 1.25. The van der Waals surface area contributed by atoms with E-state index in [0.29, 0.717) is 44.6 Å². The number of nitrogens with zero attached hydrogens (tertiary/aromatic N) is 4. The summed E-state index contributed by atoms with van der Waals surface area (Å²) < 4.78 is 54.2. The number of fused-ring (bicyclic) bond motifs is 2. The fraction of sp³-hybridized carbons (Fsp3) is 0.520. The van der Waals surface area contributed by atoms with Gasteiger partial charge in [-0.3, -0.25) is 9.79 Å². The van der Waals surface area contributed by atoms with Crippen molar-refractivity contribution < 1.29 is 27.5 Å². The Morgan fingerprint density at radius 2 is 1.91 bits per heavy atom. The minimum atomic E-state index is -4.53. The zero-order valence-corrected chi connectivity index (χ0v) is 19.0. The molecule has 10 heteroatoms. The van der Waals surface area contributed by atoms with Crippen LogP contribution in [0.5, 0.6) is 0 Å². The molecule has 186 valence electrons. The van der Waals surface area contributed by atoms with E-state index in [1.54, 1.807) is 11.1 Å². The molecule has 2 fully saturated rings. The number of allylic oxidation sites excluding steroid dienone is 1. The van der Waals surface area contributed by atoms with Crippen LogP contribution in [-0.2, 0) is 11.0 Å². The summed E-state index contributed by atoms with van der Waals surface area (Å²) in [6.45, 7) is 0.885. The van der Waals surface area contributed by atoms with Crippen molar-refractivity contribution >= 4 is 23.8 Å². The van der Waals surface area contributed by atoms with Crippen molar-refractivity contribution in [2.75, 3.05) is 19.7 Å². The number of amidine groups is 2. The molecule has 3 aliphatic heterocycles. The molecule has 0 spiro atoms. The number of hydrogen-bond donors (Lipinski definition) is 1. The van der Waals surface area contributed by atoms with Gasteiger partial charge >= 0.3 is 6.18 Å². The Morgan fingerprint density at radius 3 is 2.60 bits per heavy atom. The van der Waals surface area contributed by atoms with Crippen LogP contribution in [0.1, 0.15) is 49.1 Å². The molecular weight excluding hydrogens is 464 g/mol. The number of rotatable bonds is 4. The fourth-order valence-electron chi connectivity index (χ4n) is 5.74. The maximum Gasteiger partial charge on any atom is 0.416 e. The highest BCUT2D eigenvalue weighted by atomic mass is 19.4. The molecule has 1 N–H and O–H groups in total. The van der Waals surface area contributed by atoms with E-state index in [-0.39, 0.29) is 47.7 Å². The topological polar surface area (TPSA) is 77.6 Å². The Hall–Kier alpha value is -2.88. The first-order valence-electron chi connectivity index (χ1n) is 11.9. The lowest BCUT2D eigenvalue weighted by Crippen LogP contribution is -2.34. The molecule has 1 aromatic carbocycles. The average Bonchev–Trinajstić information content (AvgIpc) is 3.47. The molecule has 1 saturated heterocycles. The van der Waals surface area contributed by atoms with Gasteiger partial charge in [0.2, 0.25) is 5.84 Å². The maximum atomic E-state index is 13.8. The van der Waals surface area contributed by atoms with Crippen molar-refractivity contribution in [2.45, 2.75) is 50.2 Å². The van der Waals surface area contributed by atoms with Gasteiger partial charge in [-0.15, -0.1) is 0 Å². The highest BCUT2D eigenvalue weighted by Crippen LogP contribution is 2.49. The molecule has 3 heterocycles. The zero-order valence-electron chi connectivity index (χ0n) is 19.0. The molecule has 1 aromatic rings. The summed E-state index contributed by atoms with van der Waals surface area (Å²) in [5.41, 5.74) is 0.154. The van der Waals surface area contributed by atoms with Crippen molar-refractivity contribution in [2.24, 2.45) is 26.8 Å². The summed E-state index contributed by atoms with van der Waals surface area (Å²) >= 11 is 0. The Labute approximate surface area is 200 Å². The minimum absolute atomic E-state index is 0.0135. The molecule has 1 saturated carbocycles. The molecule has 0 bridgehead atoms. The Morgan fingerprint density at radius 1 is 1.17 bits per heavy atom. The summed E-state index contributed by atoms with van der Waals surface area (Å²) in [6, 6.07) is 2.40. The van der Waals surface area contributed by atoms with Crippen molar-refractivity contribution in [1.82, 2.24) is 4.90 Å². The number of amides is 1. The largest absolute Gasteiger partial charge is 0.416 e. The predicted molar refractivity (Wildman–Crippen MR) is 123 cm³/mol. The number of aliphatic imine (C=N–C) groups is 3. The SMILES string of the molecule is O=C(C1=NC2CC/C=C(/CCO)C=NC2=N1)N1C[C@H]2CC(c3cc(F)ccc3C(F)(F)F)C[C@H]2C1.